The van der Waals surface area contributed by atoms with E-state index in [1.54, 1.807) is 13.2 Å². The minimum absolute atomic E-state index is 0.109. The Morgan fingerprint density at radius 1 is 1.00 bits per heavy atom. The molecule has 0 saturated heterocycles. The van der Waals surface area contributed by atoms with Crippen molar-refractivity contribution in [1.29, 1.82) is 0 Å². The molecule has 2 aromatic rings. The van der Waals surface area contributed by atoms with Gasteiger partial charge in [0, 0.05) is 11.8 Å². The quantitative estimate of drug-likeness (QED) is 0.595. The second kappa shape index (κ2) is 6.15. The molecular formula is C17H14BrCl2FO2. The summed E-state index contributed by atoms with van der Waals surface area (Å²) in [4.78, 5) is 0. The highest BCUT2D eigenvalue weighted by molar-refractivity contribution is 9.10. The Hall–Kier alpha value is -0.970. The highest BCUT2D eigenvalue weighted by atomic mass is 79.9. The summed E-state index contributed by atoms with van der Waals surface area (Å²) in [7, 11) is 3.10. The molecule has 1 fully saturated rings. The Morgan fingerprint density at radius 3 is 2.17 bits per heavy atom. The lowest BCUT2D eigenvalue weighted by Crippen LogP contribution is -1.94. The lowest BCUT2D eigenvalue weighted by molar-refractivity contribution is 0.407. The number of rotatable bonds is 4. The molecule has 6 heteroatoms. The van der Waals surface area contributed by atoms with Crippen LogP contribution in [0.3, 0.4) is 0 Å². The van der Waals surface area contributed by atoms with Crippen molar-refractivity contribution < 1.29 is 13.9 Å². The maximum Gasteiger partial charge on any atom is 0.141 e. The zero-order chi connectivity index (χ0) is 16.8. The molecule has 0 aliphatic heterocycles. The van der Waals surface area contributed by atoms with Crippen LogP contribution in [-0.4, -0.2) is 18.6 Å². The van der Waals surface area contributed by atoms with Crippen LogP contribution >= 0.6 is 39.1 Å². The first-order valence-corrected chi connectivity index (χ1v) is 8.49. The van der Waals surface area contributed by atoms with E-state index in [2.05, 4.69) is 15.9 Å². The van der Waals surface area contributed by atoms with E-state index in [0.29, 0.717) is 15.8 Å². The molecule has 2 atom stereocenters. The number of methoxy groups -OCH3 is 2. The molecule has 2 nitrogen and oxygen atoms in total. The number of hydrogen-bond acceptors (Lipinski definition) is 2. The van der Waals surface area contributed by atoms with E-state index in [0.717, 1.165) is 11.3 Å². The second-order valence-electron chi connectivity index (χ2n) is 5.42. The molecule has 122 valence electrons. The van der Waals surface area contributed by atoms with Gasteiger partial charge in [0.1, 0.15) is 21.6 Å². The Kier molecular flexibility index (Phi) is 4.51. The van der Waals surface area contributed by atoms with Gasteiger partial charge < -0.3 is 9.47 Å². The number of ether oxygens (including phenoxy) is 2. The Labute approximate surface area is 152 Å². The zero-order valence-corrected chi connectivity index (χ0v) is 15.5. The van der Waals surface area contributed by atoms with E-state index in [1.165, 1.54) is 13.2 Å². The van der Waals surface area contributed by atoms with Crippen molar-refractivity contribution in [3.8, 4) is 11.5 Å². The van der Waals surface area contributed by atoms with Crippen LogP contribution in [0.25, 0.3) is 0 Å². The van der Waals surface area contributed by atoms with Crippen molar-refractivity contribution in [2.75, 3.05) is 14.2 Å². The van der Waals surface area contributed by atoms with E-state index in [-0.39, 0.29) is 11.8 Å². The van der Waals surface area contributed by atoms with Gasteiger partial charge >= 0.3 is 0 Å². The highest BCUT2D eigenvalue weighted by Crippen LogP contribution is 2.70. The van der Waals surface area contributed by atoms with Crippen LogP contribution in [0.5, 0.6) is 11.5 Å². The Balaban J connectivity index is 1.95. The molecule has 0 N–H and O–H groups in total. The van der Waals surface area contributed by atoms with E-state index in [4.69, 9.17) is 32.7 Å². The molecule has 0 radical (unpaired) electrons. The molecule has 0 aromatic heterocycles. The van der Waals surface area contributed by atoms with E-state index in [9.17, 15) is 4.39 Å². The van der Waals surface area contributed by atoms with Crippen molar-refractivity contribution in [3.05, 3.63) is 57.8 Å². The monoisotopic (exact) mass is 418 g/mol. The summed E-state index contributed by atoms with van der Waals surface area (Å²) in [6, 6.07) is 10.8. The fourth-order valence-corrected chi connectivity index (χ4v) is 4.15. The van der Waals surface area contributed by atoms with Crippen LogP contribution < -0.4 is 9.47 Å². The van der Waals surface area contributed by atoms with Crippen molar-refractivity contribution in [1.82, 2.24) is 0 Å². The molecule has 1 saturated carbocycles. The van der Waals surface area contributed by atoms with Gasteiger partial charge in [-0.05, 0) is 51.3 Å². The molecular weight excluding hydrogens is 406 g/mol. The topological polar surface area (TPSA) is 18.5 Å². The Morgan fingerprint density at radius 2 is 1.61 bits per heavy atom. The maximum atomic E-state index is 14.1. The Bertz CT molecular complexity index is 734. The van der Waals surface area contributed by atoms with Gasteiger partial charge in [0.25, 0.3) is 0 Å². The lowest BCUT2D eigenvalue weighted by atomic mass is 10.0. The molecule has 0 heterocycles. The number of benzene rings is 2. The van der Waals surface area contributed by atoms with Gasteiger partial charge in [-0.15, -0.1) is 23.2 Å². The van der Waals surface area contributed by atoms with Gasteiger partial charge in [0.15, 0.2) is 0 Å². The summed E-state index contributed by atoms with van der Waals surface area (Å²) in [5.74, 6) is 0.475. The minimum Gasteiger partial charge on any atom is -0.497 e. The number of hydrogen-bond donors (Lipinski definition) is 0. The third kappa shape index (κ3) is 2.92. The van der Waals surface area contributed by atoms with Gasteiger partial charge in [-0.25, -0.2) is 4.39 Å². The average molecular weight is 420 g/mol. The molecule has 2 aromatic carbocycles. The third-order valence-corrected chi connectivity index (χ3v) is 5.83. The van der Waals surface area contributed by atoms with Gasteiger partial charge in [-0.1, -0.05) is 12.1 Å². The van der Waals surface area contributed by atoms with E-state index in [1.807, 2.05) is 24.3 Å². The smallest absolute Gasteiger partial charge is 0.141 e. The van der Waals surface area contributed by atoms with Crippen molar-refractivity contribution >= 4 is 39.1 Å². The summed E-state index contributed by atoms with van der Waals surface area (Å²) < 4.78 is 23.7. The van der Waals surface area contributed by atoms with Gasteiger partial charge in [-0.2, -0.15) is 0 Å². The second-order valence-corrected chi connectivity index (χ2v) is 7.66. The van der Waals surface area contributed by atoms with Crippen LogP contribution in [-0.2, 0) is 0 Å². The zero-order valence-electron chi connectivity index (χ0n) is 12.4. The SMILES string of the molecule is COc1ccc([C@H]2[C@H](c3cc(F)c(Br)c(OC)c3)C2(Cl)Cl)cc1. The predicted molar refractivity (Wildman–Crippen MR) is 93.6 cm³/mol. The summed E-state index contributed by atoms with van der Waals surface area (Å²) in [5.41, 5.74) is 1.71. The highest BCUT2D eigenvalue weighted by Gasteiger charge is 2.64. The van der Waals surface area contributed by atoms with Gasteiger partial charge in [0.05, 0.1) is 18.7 Å². The fraction of sp³-hybridized carbons (Fsp3) is 0.294. The largest absolute Gasteiger partial charge is 0.497 e. The molecule has 1 aliphatic carbocycles. The first-order chi connectivity index (χ1) is 10.9. The standard InChI is InChI=1S/C17H14BrCl2FO2/c1-22-11-5-3-9(4-6-11)14-15(17(14,19)20)10-7-12(21)16(18)13(8-10)23-2/h3-8,14-15H,1-2H3/t14-,15-/m0/s1. The number of halogens is 4. The number of alkyl halides is 2. The molecule has 0 bridgehead atoms. The van der Waals surface area contributed by atoms with Gasteiger partial charge in [0.2, 0.25) is 0 Å². The summed E-state index contributed by atoms with van der Waals surface area (Å²) in [5, 5.41) is 0. The van der Waals surface area contributed by atoms with Crippen LogP contribution in [0.2, 0.25) is 0 Å². The van der Waals surface area contributed by atoms with Crippen LogP contribution in [0.4, 0.5) is 4.39 Å². The maximum absolute atomic E-state index is 14.1. The van der Waals surface area contributed by atoms with Crippen molar-refractivity contribution in [2.24, 2.45) is 0 Å². The van der Waals surface area contributed by atoms with E-state index < -0.39 is 10.2 Å². The van der Waals surface area contributed by atoms with Crippen LogP contribution in [0.1, 0.15) is 23.0 Å². The van der Waals surface area contributed by atoms with Crippen molar-refractivity contribution in [2.45, 2.75) is 16.2 Å². The molecule has 0 spiro atoms. The molecule has 23 heavy (non-hydrogen) atoms. The lowest BCUT2D eigenvalue weighted by Gasteiger charge is -2.08. The molecule has 1 aliphatic rings. The fourth-order valence-electron chi connectivity index (χ4n) is 2.88. The normalized spacial score (nSPS) is 21.8. The van der Waals surface area contributed by atoms with Gasteiger partial charge in [-0.3, -0.25) is 0 Å². The van der Waals surface area contributed by atoms with Crippen LogP contribution in [0.15, 0.2) is 40.9 Å². The summed E-state index contributed by atoms with van der Waals surface area (Å²) >= 11 is 16.1. The third-order valence-electron chi connectivity index (χ3n) is 4.12. The van der Waals surface area contributed by atoms with Crippen molar-refractivity contribution in [3.63, 3.8) is 0 Å². The molecule has 0 unspecified atom stereocenters. The first kappa shape index (κ1) is 16.9. The average Bonchev–Trinajstić information content (AvgIpc) is 3.12. The van der Waals surface area contributed by atoms with Crippen LogP contribution in [0, 0.1) is 5.82 Å². The van der Waals surface area contributed by atoms with E-state index >= 15 is 0 Å². The summed E-state index contributed by atoms with van der Waals surface area (Å²) in [6.07, 6.45) is 0. The predicted octanol–water partition coefficient (Wildman–Crippen LogP) is 5.66. The molecule has 0 amide bonds. The minimum atomic E-state index is -0.972. The molecule has 3 rings (SSSR count). The summed E-state index contributed by atoms with van der Waals surface area (Å²) in [6.45, 7) is 0. The first-order valence-electron chi connectivity index (χ1n) is 6.94.